The Balaban J connectivity index is 2.75. The van der Waals surface area contributed by atoms with Crippen molar-refractivity contribution >= 4 is 5.97 Å². The molecule has 0 spiro atoms. The number of aliphatic carboxylic acids is 1. The summed E-state index contributed by atoms with van der Waals surface area (Å²) in [6.07, 6.45) is 3.41. The topological polar surface area (TPSA) is 57.5 Å². The van der Waals surface area contributed by atoms with Crippen LogP contribution < -0.4 is 0 Å². The summed E-state index contributed by atoms with van der Waals surface area (Å²) in [4.78, 5) is 11.2. The molecule has 0 aromatic carbocycles. The van der Waals surface area contributed by atoms with E-state index in [9.17, 15) is 15.0 Å². The zero-order valence-electron chi connectivity index (χ0n) is 8.99. The lowest BCUT2D eigenvalue weighted by atomic mass is 9.67. The highest BCUT2D eigenvalue weighted by Crippen LogP contribution is 2.42. The van der Waals surface area contributed by atoms with Crippen molar-refractivity contribution in [2.75, 3.05) is 0 Å². The first-order valence-electron chi connectivity index (χ1n) is 5.38. The van der Waals surface area contributed by atoms with Gasteiger partial charge in [-0.3, -0.25) is 4.79 Å². The molecule has 3 nitrogen and oxygen atoms in total. The third-order valence-corrected chi connectivity index (χ3v) is 3.23. The standard InChI is InChI=1S/C11H20O3/c1-8-4-3-5-11(6-8,10(13)14)7-9(2)12/h8-9,12H,3-7H2,1-2H3,(H,13,14). The molecule has 1 aliphatic rings. The van der Waals surface area contributed by atoms with E-state index < -0.39 is 17.5 Å². The number of rotatable bonds is 3. The van der Waals surface area contributed by atoms with Crippen molar-refractivity contribution < 1.29 is 15.0 Å². The first-order valence-corrected chi connectivity index (χ1v) is 5.38. The number of hydrogen-bond donors (Lipinski definition) is 2. The average Bonchev–Trinajstić information content (AvgIpc) is 2.02. The predicted octanol–water partition coefficient (Wildman–Crippen LogP) is 2.04. The Bertz CT molecular complexity index is 209. The number of carbonyl (C=O) groups is 1. The smallest absolute Gasteiger partial charge is 0.309 e. The van der Waals surface area contributed by atoms with Crippen LogP contribution in [0.3, 0.4) is 0 Å². The molecule has 0 saturated heterocycles. The fourth-order valence-corrected chi connectivity index (χ4v) is 2.69. The van der Waals surface area contributed by atoms with Crippen LogP contribution in [0.25, 0.3) is 0 Å². The normalized spacial score (nSPS) is 35.2. The molecule has 2 N–H and O–H groups in total. The van der Waals surface area contributed by atoms with Gasteiger partial charge in [-0.1, -0.05) is 19.8 Å². The Labute approximate surface area is 85.1 Å². The maximum Gasteiger partial charge on any atom is 0.309 e. The number of aliphatic hydroxyl groups excluding tert-OH is 1. The molecule has 14 heavy (non-hydrogen) atoms. The van der Waals surface area contributed by atoms with Crippen molar-refractivity contribution in [1.29, 1.82) is 0 Å². The summed E-state index contributed by atoms with van der Waals surface area (Å²) in [5, 5.41) is 18.6. The third-order valence-electron chi connectivity index (χ3n) is 3.23. The first-order chi connectivity index (χ1) is 6.46. The van der Waals surface area contributed by atoms with Gasteiger partial charge in [-0.15, -0.1) is 0 Å². The summed E-state index contributed by atoms with van der Waals surface area (Å²) in [5.41, 5.74) is -0.661. The van der Waals surface area contributed by atoms with Crippen LogP contribution in [-0.4, -0.2) is 22.3 Å². The Hall–Kier alpha value is -0.570. The number of carboxylic acid groups (broad SMARTS) is 1. The lowest BCUT2D eigenvalue weighted by Gasteiger charge is -2.37. The molecule has 0 amide bonds. The van der Waals surface area contributed by atoms with Crippen molar-refractivity contribution in [3.05, 3.63) is 0 Å². The van der Waals surface area contributed by atoms with E-state index >= 15 is 0 Å². The fourth-order valence-electron chi connectivity index (χ4n) is 2.69. The van der Waals surface area contributed by atoms with Crippen LogP contribution in [0.15, 0.2) is 0 Å². The van der Waals surface area contributed by atoms with Crippen LogP contribution in [0, 0.1) is 11.3 Å². The highest BCUT2D eigenvalue weighted by atomic mass is 16.4. The van der Waals surface area contributed by atoms with Crippen molar-refractivity contribution in [3.8, 4) is 0 Å². The molecule has 1 aliphatic carbocycles. The van der Waals surface area contributed by atoms with Crippen LogP contribution in [0.2, 0.25) is 0 Å². The van der Waals surface area contributed by atoms with E-state index in [1.807, 2.05) is 0 Å². The molecule has 1 saturated carbocycles. The number of hydrogen-bond acceptors (Lipinski definition) is 2. The Morgan fingerprint density at radius 1 is 1.64 bits per heavy atom. The molecule has 0 aromatic heterocycles. The first kappa shape index (κ1) is 11.5. The second-order valence-electron chi connectivity index (χ2n) is 4.84. The van der Waals surface area contributed by atoms with E-state index in [2.05, 4.69) is 6.92 Å². The Kier molecular flexibility index (Phi) is 3.53. The SMILES string of the molecule is CC(O)CC1(C(=O)O)CCCC(C)C1. The molecule has 0 heterocycles. The van der Waals surface area contributed by atoms with Crippen molar-refractivity contribution in [3.63, 3.8) is 0 Å². The van der Waals surface area contributed by atoms with Crippen LogP contribution in [0.4, 0.5) is 0 Å². The fraction of sp³-hybridized carbons (Fsp3) is 0.909. The van der Waals surface area contributed by atoms with E-state index in [0.717, 1.165) is 19.3 Å². The third kappa shape index (κ3) is 2.47. The van der Waals surface area contributed by atoms with Gasteiger partial charge in [-0.2, -0.15) is 0 Å². The summed E-state index contributed by atoms with van der Waals surface area (Å²) in [6.45, 7) is 3.77. The maximum atomic E-state index is 11.2. The number of carboxylic acids is 1. The highest BCUT2D eigenvalue weighted by molar-refractivity contribution is 5.74. The molecule has 1 rings (SSSR count). The monoisotopic (exact) mass is 200 g/mol. The van der Waals surface area contributed by atoms with Crippen LogP contribution in [-0.2, 0) is 4.79 Å². The summed E-state index contributed by atoms with van der Waals surface area (Å²) >= 11 is 0. The summed E-state index contributed by atoms with van der Waals surface area (Å²) in [7, 11) is 0. The van der Waals surface area contributed by atoms with Gasteiger partial charge in [0, 0.05) is 0 Å². The van der Waals surface area contributed by atoms with Gasteiger partial charge >= 0.3 is 5.97 Å². The minimum atomic E-state index is -0.732. The van der Waals surface area contributed by atoms with Crippen molar-refractivity contribution in [2.45, 2.75) is 52.1 Å². The van der Waals surface area contributed by atoms with E-state index in [1.54, 1.807) is 6.92 Å². The van der Waals surface area contributed by atoms with Gasteiger partial charge in [-0.25, -0.2) is 0 Å². The minimum Gasteiger partial charge on any atom is -0.481 e. The van der Waals surface area contributed by atoms with E-state index in [-0.39, 0.29) is 0 Å². The maximum absolute atomic E-state index is 11.2. The van der Waals surface area contributed by atoms with E-state index in [0.29, 0.717) is 18.8 Å². The predicted molar refractivity (Wildman–Crippen MR) is 54.0 cm³/mol. The molecule has 3 atom stereocenters. The molecule has 1 fully saturated rings. The lowest BCUT2D eigenvalue weighted by molar-refractivity contribution is -0.154. The van der Waals surface area contributed by atoms with Crippen LogP contribution in [0.1, 0.15) is 46.0 Å². The van der Waals surface area contributed by atoms with Gasteiger partial charge in [0.05, 0.1) is 11.5 Å². The molecule has 0 bridgehead atoms. The second-order valence-corrected chi connectivity index (χ2v) is 4.84. The molecule has 0 radical (unpaired) electrons. The van der Waals surface area contributed by atoms with E-state index in [4.69, 9.17) is 0 Å². The molecule has 3 unspecified atom stereocenters. The van der Waals surface area contributed by atoms with Gasteiger partial charge in [0.25, 0.3) is 0 Å². The number of aliphatic hydroxyl groups is 1. The summed E-state index contributed by atoms with van der Waals surface area (Å²) < 4.78 is 0. The average molecular weight is 200 g/mol. The zero-order valence-corrected chi connectivity index (χ0v) is 8.99. The zero-order chi connectivity index (χ0) is 10.8. The summed E-state index contributed by atoms with van der Waals surface area (Å²) in [6, 6.07) is 0. The minimum absolute atomic E-state index is 0.396. The van der Waals surface area contributed by atoms with Gasteiger partial charge in [0.1, 0.15) is 0 Å². The van der Waals surface area contributed by atoms with Gasteiger partial charge in [0.15, 0.2) is 0 Å². The van der Waals surface area contributed by atoms with Crippen LogP contribution in [0.5, 0.6) is 0 Å². The molecule has 82 valence electrons. The largest absolute Gasteiger partial charge is 0.481 e. The van der Waals surface area contributed by atoms with Crippen LogP contribution >= 0.6 is 0 Å². The van der Waals surface area contributed by atoms with E-state index in [1.165, 1.54) is 0 Å². The van der Waals surface area contributed by atoms with Gasteiger partial charge in [-0.05, 0) is 32.1 Å². The molecular weight excluding hydrogens is 180 g/mol. The second kappa shape index (κ2) is 4.30. The highest BCUT2D eigenvalue weighted by Gasteiger charge is 2.42. The molecule has 3 heteroatoms. The molecule has 0 aromatic rings. The van der Waals surface area contributed by atoms with Crippen molar-refractivity contribution in [1.82, 2.24) is 0 Å². The van der Waals surface area contributed by atoms with Gasteiger partial charge < -0.3 is 10.2 Å². The molecule has 0 aliphatic heterocycles. The quantitative estimate of drug-likeness (QED) is 0.733. The lowest BCUT2D eigenvalue weighted by Crippen LogP contribution is -2.38. The molecular formula is C11H20O3. The Morgan fingerprint density at radius 3 is 2.71 bits per heavy atom. The summed E-state index contributed by atoms with van der Waals surface area (Å²) in [5.74, 6) is -0.261. The van der Waals surface area contributed by atoms with Gasteiger partial charge in [0.2, 0.25) is 0 Å². The van der Waals surface area contributed by atoms with Crippen molar-refractivity contribution in [2.24, 2.45) is 11.3 Å². The Morgan fingerprint density at radius 2 is 2.29 bits per heavy atom.